The highest BCUT2D eigenvalue weighted by atomic mass is 16.5. The molecule has 9 heteroatoms. The fraction of sp³-hybridized carbons (Fsp3) is 0.273. The van der Waals surface area contributed by atoms with Crippen molar-refractivity contribution in [1.82, 2.24) is 30.5 Å². The van der Waals surface area contributed by atoms with Crippen LogP contribution < -0.4 is 15.4 Å². The van der Waals surface area contributed by atoms with E-state index in [1.54, 1.807) is 22.9 Å². The Bertz CT molecular complexity index is 1030. The lowest BCUT2D eigenvalue weighted by Gasteiger charge is -2.38. The highest BCUT2D eigenvalue weighted by molar-refractivity contribution is 5.91. The van der Waals surface area contributed by atoms with E-state index in [1.165, 1.54) is 0 Å². The molecule has 3 aromatic rings. The minimum absolute atomic E-state index is 0.00918. The molecule has 31 heavy (non-hydrogen) atoms. The molecule has 2 N–H and O–H groups in total. The Hall–Kier alpha value is -3.88. The van der Waals surface area contributed by atoms with Gasteiger partial charge >= 0.3 is 6.03 Å². The first-order chi connectivity index (χ1) is 15.1. The average Bonchev–Trinajstić information content (AvgIpc) is 3.26. The van der Waals surface area contributed by atoms with Crippen LogP contribution in [0.5, 0.6) is 5.75 Å². The highest BCUT2D eigenvalue weighted by Crippen LogP contribution is 2.20. The van der Waals surface area contributed by atoms with Gasteiger partial charge in [-0.25, -0.2) is 9.48 Å². The van der Waals surface area contributed by atoms with E-state index < -0.39 is 0 Å². The summed E-state index contributed by atoms with van der Waals surface area (Å²) >= 11 is 0. The smallest absolute Gasteiger partial charge is 0.317 e. The van der Waals surface area contributed by atoms with Crippen molar-refractivity contribution in [2.24, 2.45) is 0 Å². The number of benzene rings is 2. The van der Waals surface area contributed by atoms with E-state index in [1.807, 2.05) is 54.6 Å². The Kier molecular flexibility index (Phi) is 6.11. The van der Waals surface area contributed by atoms with Crippen LogP contribution in [0.4, 0.5) is 4.79 Å². The van der Waals surface area contributed by atoms with Crippen LogP contribution in [-0.4, -0.2) is 52.0 Å². The molecule has 1 saturated heterocycles. The molecule has 1 aliphatic heterocycles. The molecule has 0 bridgehead atoms. The predicted molar refractivity (Wildman–Crippen MR) is 113 cm³/mol. The van der Waals surface area contributed by atoms with Crippen molar-refractivity contribution in [1.29, 1.82) is 0 Å². The Morgan fingerprint density at radius 3 is 2.39 bits per heavy atom. The maximum atomic E-state index is 12.3. The number of carbonyl (C=O) groups excluding carboxylic acids is 2. The number of nitrogens with zero attached hydrogens (tertiary/aromatic N) is 4. The van der Waals surface area contributed by atoms with Gasteiger partial charge in [0.1, 0.15) is 5.75 Å². The monoisotopic (exact) mass is 420 g/mol. The third-order valence-corrected chi connectivity index (χ3v) is 5.17. The van der Waals surface area contributed by atoms with E-state index in [4.69, 9.17) is 4.74 Å². The van der Waals surface area contributed by atoms with Gasteiger partial charge in [0, 0.05) is 26.2 Å². The van der Waals surface area contributed by atoms with Gasteiger partial charge in [0.2, 0.25) is 0 Å². The fourth-order valence-corrected chi connectivity index (χ4v) is 3.25. The molecule has 160 valence electrons. The van der Waals surface area contributed by atoms with Crippen LogP contribution in [-0.2, 0) is 13.1 Å². The predicted octanol–water partition coefficient (Wildman–Crippen LogP) is 1.98. The summed E-state index contributed by atoms with van der Waals surface area (Å²) in [5.74, 6) is 0.505. The Morgan fingerprint density at radius 1 is 1.00 bits per heavy atom. The fourth-order valence-electron chi connectivity index (χ4n) is 3.25. The van der Waals surface area contributed by atoms with Gasteiger partial charge in [-0.1, -0.05) is 47.7 Å². The van der Waals surface area contributed by atoms with Gasteiger partial charge < -0.3 is 20.3 Å². The zero-order valence-electron chi connectivity index (χ0n) is 17.2. The topological polar surface area (TPSA) is 101 Å². The third-order valence-electron chi connectivity index (χ3n) is 5.17. The highest BCUT2D eigenvalue weighted by Gasteiger charge is 2.33. The van der Waals surface area contributed by atoms with Crippen molar-refractivity contribution >= 4 is 11.9 Å². The zero-order chi connectivity index (χ0) is 21.6. The maximum Gasteiger partial charge on any atom is 0.317 e. The molecule has 0 aliphatic carbocycles. The van der Waals surface area contributed by atoms with E-state index in [0.29, 0.717) is 26.2 Å². The summed E-state index contributed by atoms with van der Waals surface area (Å²) in [5.41, 5.74) is 2.27. The van der Waals surface area contributed by atoms with Gasteiger partial charge in [0.25, 0.3) is 5.91 Å². The van der Waals surface area contributed by atoms with E-state index in [-0.39, 0.29) is 23.7 Å². The summed E-state index contributed by atoms with van der Waals surface area (Å²) < 4.78 is 6.77. The van der Waals surface area contributed by atoms with Crippen LogP contribution in [0.15, 0.2) is 60.8 Å². The van der Waals surface area contributed by atoms with Gasteiger partial charge in [-0.3, -0.25) is 4.79 Å². The Morgan fingerprint density at radius 2 is 1.68 bits per heavy atom. The van der Waals surface area contributed by atoms with Crippen molar-refractivity contribution in [2.45, 2.75) is 19.1 Å². The first-order valence-corrected chi connectivity index (χ1v) is 10.0. The van der Waals surface area contributed by atoms with Crippen LogP contribution >= 0.6 is 0 Å². The number of nitrogens with one attached hydrogen (secondary N) is 2. The number of hydrogen-bond acceptors (Lipinski definition) is 5. The summed E-state index contributed by atoms with van der Waals surface area (Å²) in [7, 11) is 1.62. The third kappa shape index (κ3) is 5.00. The number of hydrogen-bond donors (Lipinski definition) is 2. The van der Waals surface area contributed by atoms with Crippen molar-refractivity contribution in [2.75, 3.05) is 20.2 Å². The second kappa shape index (κ2) is 9.29. The first-order valence-electron chi connectivity index (χ1n) is 10.0. The number of amides is 3. The second-order valence-electron chi connectivity index (χ2n) is 7.32. The van der Waals surface area contributed by atoms with Crippen molar-refractivity contribution in [3.8, 4) is 5.75 Å². The second-order valence-corrected chi connectivity index (χ2v) is 7.32. The number of ether oxygens (including phenoxy) is 1. The lowest BCUT2D eigenvalue weighted by Crippen LogP contribution is -2.54. The van der Waals surface area contributed by atoms with E-state index in [2.05, 4.69) is 20.9 Å². The first kappa shape index (κ1) is 20.4. The van der Waals surface area contributed by atoms with Gasteiger partial charge in [0.05, 0.1) is 19.3 Å². The van der Waals surface area contributed by atoms with Crippen LogP contribution in [0.3, 0.4) is 0 Å². The molecule has 1 aliphatic rings. The molecule has 0 spiro atoms. The molecular weight excluding hydrogens is 396 g/mol. The summed E-state index contributed by atoms with van der Waals surface area (Å²) in [5, 5.41) is 13.8. The van der Waals surface area contributed by atoms with Crippen LogP contribution in [0, 0.1) is 0 Å². The molecule has 3 amide bonds. The molecule has 0 unspecified atom stereocenters. The van der Waals surface area contributed by atoms with E-state index >= 15 is 0 Å². The molecule has 0 radical (unpaired) electrons. The number of urea groups is 1. The molecule has 4 rings (SSSR count). The van der Waals surface area contributed by atoms with Crippen molar-refractivity contribution < 1.29 is 14.3 Å². The van der Waals surface area contributed by atoms with Crippen LogP contribution in [0.2, 0.25) is 0 Å². The normalized spacial score (nSPS) is 13.4. The lowest BCUT2D eigenvalue weighted by atomic mass is 10.1. The number of likely N-dealkylation sites (tertiary alicyclic amines) is 1. The standard InChI is InChI=1S/C22H24N6O3/c1-31-19-9-7-17(8-10-19)12-24-22(30)27-13-18(14-27)28-15-20(25-26-28)21(29)23-11-16-5-3-2-4-6-16/h2-10,15,18H,11-14H2,1H3,(H,23,29)(H,24,30). The Balaban J connectivity index is 1.22. The molecular formula is C22H24N6O3. The molecule has 9 nitrogen and oxygen atoms in total. The minimum atomic E-state index is -0.275. The Labute approximate surface area is 180 Å². The SMILES string of the molecule is COc1ccc(CNC(=O)N2CC(n3cc(C(=O)NCc4ccccc4)nn3)C2)cc1. The number of rotatable bonds is 7. The maximum absolute atomic E-state index is 12.3. The zero-order valence-corrected chi connectivity index (χ0v) is 17.2. The van der Waals surface area contributed by atoms with Crippen LogP contribution in [0.25, 0.3) is 0 Å². The summed E-state index contributed by atoms with van der Waals surface area (Å²) in [6.07, 6.45) is 1.62. The quantitative estimate of drug-likeness (QED) is 0.609. The molecule has 0 saturated carbocycles. The molecule has 1 fully saturated rings. The summed E-state index contributed by atoms with van der Waals surface area (Å²) in [4.78, 5) is 26.3. The summed E-state index contributed by atoms with van der Waals surface area (Å²) in [6.45, 7) is 1.91. The van der Waals surface area contributed by atoms with Gasteiger partial charge in [0.15, 0.2) is 5.69 Å². The molecule has 0 atom stereocenters. The number of carbonyl (C=O) groups is 2. The van der Waals surface area contributed by atoms with Gasteiger partial charge in [-0.15, -0.1) is 5.10 Å². The molecule has 2 aromatic carbocycles. The van der Waals surface area contributed by atoms with Gasteiger partial charge in [-0.2, -0.15) is 0 Å². The average molecular weight is 420 g/mol. The van der Waals surface area contributed by atoms with Crippen molar-refractivity contribution in [3.63, 3.8) is 0 Å². The molecule has 1 aromatic heterocycles. The van der Waals surface area contributed by atoms with Gasteiger partial charge in [-0.05, 0) is 23.3 Å². The van der Waals surface area contributed by atoms with E-state index in [0.717, 1.165) is 16.9 Å². The number of aromatic nitrogens is 3. The van der Waals surface area contributed by atoms with Crippen molar-refractivity contribution in [3.05, 3.63) is 77.6 Å². The summed E-state index contributed by atoms with van der Waals surface area (Å²) in [6, 6.07) is 17.1. The largest absolute Gasteiger partial charge is 0.497 e. The minimum Gasteiger partial charge on any atom is -0.497 e. The lowest BCUT2D eigenvalue weighted by molar-refractivity contribution is 0.0945. The number of methoxy groups -OCH3 is 1. The van der Waals surface area contributed by atoms with Crippen LogP contribution in [0.1, 0.15) is 27.7 Å². The van der Waals surface area contributed by atoms with E-state index in [9.17, 15) is 9.59 Å². The molecule has 2 heterocycles.